The van der Waals surface area contributed by atoms with Crippen molar-refractivity contribution in [3.63, 3.8) is 0 Å². The summed E-state index contributed by atoms with van der Waals surface area (Å²) in [7, 11) is -2.32. The van der Waals surface area contributed by atoms with Gasteiger partial charge in [0.05, 0.1) is 25.2 Å². The van der Waals surface area contributed by atoms with Crippen molar-refractivity contribution in [2.24, 2.45) is 17.8 Å². The summed E-state index contributed by atoms with van der Waals surface area (Å²) in [5, 5.41) is 12.3. The fourth-order valence-electron chi connectivity index (χ4n) is 3.70. The average Bonchev–Trinajstić information content (AvgIpc) is 3.66. The number of hydrogen-bond acceptors (Lipinski definition) is 7. The molecule has 0 radical (unpaired) electrons. The van der Waals surface area contributed by atoms with Crippen molar-refractivity contribution < 1.29 is 32.5 Å². The third kappa shape index (κ3) is 7.18. The van der Waals surface area contributed by atoms with Crippen molar-refractivity contribution in [2.75, 3.05) is 40.0 Å². The number of benzene rings is 1. The maximum absolute atomic E-state index is 13.0. The molecule has 1 aromatic rings. The Labute approximate surface area is 202 Å². The minimum Gasteiger partial charge on any atom is -0.497 e. The quantitative estimate of drug-likeness (QED) is 0.430. The Hall–Kier alpha value is -2.14. The lowest BCUT2D eigenvalue weighted by atomic mass is 9.90. The molecule has 0 spiro atoms. The Kier molecular flexibility index (Phi) is 9.35. The van der Waals surface area contributed by atoms with Gasteiger partial charge < -0.3 is 24.6 Å². The lowest BCUT2D eigenvalue weighted by Crippen LogP contribution is -2.38. The van der Waals surface area contributed by atoms with Crippen LogP contribution in [0, 0.1) is 17.8 Å². The van der Waals surface area contributed by atoms with E-state index >= 15 is 0 Å². The lowest BCUT2D eigenvalue weighted by Gasteiger charge is -2.31. The van der Waals surface area contributed by atoms with Crippen molar-refractivity contribution in [1.29, 1.82) is 0 Å². The van der Waals surface area contributed by atoms with Crippen molar-refractivity contribution in [2.45, 2.75) is 44.3 Å². The van der Waals surface area contributed by atoms with E-state index in [2.05, 4.69) is 19.2 Å². The lowest BCUT2D eigenvalue weighted by molar-refractivity contribution is -0.150. The van der Waals surface area contributed by atoms with E-state index in [1.54, 1.807) is 12.1 Å². The molecule has 1 heterocycles. The van der Waals surface area contributed by atoms with Crippen molar-refractivity contribution in [3.8, 4) is 5.75 Å². The van der Waals surface area contributed by atoms with Crippen LogP contribution in [-0.4, -0.2) is 70.0 Å². The number of nitrogens with one attached hydrogen (secondary N) is 1. The summed E-state index contributed by atoms with van der Waals surface area (Å²) in [5.41, 5.74) is 0. The van der Waals surface area contributed by atoms with Crippen LogP contribution in [0.2, 0.25) is 0 Å². The van der Waals surface area contributed by atoms with Crippen LogP contribution >= 0.6 is 0 Å². The van der Waals surface area contributed by atoms with Crippen molar-refractivity contribution >= 4 is 15.9 Å². The molecule has 1 amide bonds. The monoisotopic (exact) mass is 496 g/mol. The highest BCUT2D eigenvalue weighted by Gasteiger charge is 2.31. The summed E-state index contributed by atoms with van der Waals surface area (Å²) < 4.78 is 44.0. The van der Waals surface area contributed by atoms with Crippen LogP contribution < -0.4 is 10.1 Å². The number of aliphatic hydroxyl groups excluding tert-OH is 1. The minimum atomic E-state index is -3.83. The normalized spacial score (nSPS) is 20.7. The Morgan fingerprint density at radius 1 is 1.24 bits per heavy atom. The predicted octanol–water partition coefficient (Wildman–Crippen LogP) is 2.12. The number of methoxy groups -OCH3 is 1. The van der Waals surface area contributed by atoms with Gasteiger partial charge in [-0.2, -0.15) is 4.31 Å². The number of allylic oxidation sites excluding steroid dienone is 1. The van der Waals surface area contributed by atoms with E-state index in [9.17, 15) is 18.3 Å². The fraction of sp³-hybridized carbons (Fsp3) is 0.625. The molecule has 2 N–H and O–H groups in total. The number of nitrogens with zero attached hydrogens (tertiary/aromatic N) is 1. The number of carbonyl (C=O) groups excluding carboxylic acids is 1. The second-order valence-corrected chi connectivity index (χ2v) is 11.0. The number of carbonyl (C=O) groups is 1. The van der Waals surface area contributed by atoms with Gasteiger partial charge in [0.15, 0.2) is 5.76 Å². The first-order valence-corrected chi connectivity index (χ1v) is 13.2. The van der Waals surface area contributed by atoms with E-state index in [0.29, 0.717) is 30.6 Å². The molecule has 10 heteroatoms. The van der Waals surface area contributed by atoms with Gasteiger partial charge in [-0.05, 0) is 60.9 Å². The molecule has 1 aliphatic carbocycles. The number of rotatable bonds is 13. The SMILES string of the molecule is COc1ccc(S(=O)(=O)N(CCO)CCO[C@@H]2C[C@H](C(C)C)C=C(C(=O)NCC3CC3)O2)cc1. The summed E-state index contributed by atoms with van der Waals surface area (Å²) in [6, 6.07) is 6.08. The maximum atomic E-state index is 13.0. The third-order valence-corrected chi connectivity index (χ3v) is 8.02. The molecule has 1 saturated carbocycles. The van der Waals surface area contributed by atoms with Gasteiger partial charge in [0.25, 0.3) is 5.91 Å². The van der Waals surface area contributed by atoms with Crippen LogP contribution in [0.25, 0.3) is 0 Å². The van der Waals surface area contributed by atoms with E-state index in [4.69, 9.17) is 14.2 Å². The molecule has 0 bridgehead atoms. The molecule has 1 fully saturated rings. The van der Waals surface area contributed by atoms with Crippen LogP contribution in [-0.2, 0) is 24.3 Å². The first-order valence-electron chi connectivity index (χ1n) is 11.8. The Bertz CT molecular complexity index is 943. The van der Waals surface area contributed by atoms with Crippen molar-refractivity contribution in [3.05, 3.63) is 36.1 Å². The van der Waals surface area contributed by atoms with Gasteiger partial charge in [0.1, 0.15) is 5.75 Å². The zero-order valence-electron chi connectivity index (χ0n) is 20.1. The summed E-state index contributed by atoms with van der Waals surface area (Å²) in [5.74, 6) is 1.53. The van der Waals surface area contributed by atoms with E-state index in [-0.39, 0.29) is 48.8 Å². The van der Waals surface area contributed by atoms with Crippen LogP contribution in [0.15, 0.2) is 41.0 Å². The first-order chi connectivity index (χ1) is 16.2. The molecule has 1 aromatic carbocycles. The van der Waals surface area contributed by atoms with Gasteiger partial charge in [0.2, 0.25) is 16.3 Å². The van der Waals surface area contributed by atoms with Gasteiger partial charge in [-0.15, -0.1) is 0 Å². The van der Waals surface area contributed by atoms with E-state index in [1.165, 1.54) is 23.5 Å². The molecule has 0 unspecified atom stereocenters. The highest BCUT2D eigenvalue weighted by Crippen LogP contribution is 2.30. The van der Waals surface area contributed by atoms with E-state index < -0.39 is 16.3 Å². The fourth-order valence-corrected chi connectivity index (χ4v) is 5.12. The Balaban J connectivity index is 1.60. The number of amides is 1. The second-order valence-electron chi connectivity index (χ2n) is 9.05. The number of aliphatic hydroxyl groups is 1. The summed E-state index contributed by atoms with van der Waals surface area (Å²) in [6.07, 6.45) is 4.06. The summed E-state index contributed by atoms with van der Waals surface area (Å²) >= 11 is 0. The largest absolute Gasteiger partial charge is 0.497 e. The average molecular weight is 497 g/mol. The van der Waals surface area contributed by atoms with Gasteiger partial charge in [0, 0.05) is 26.1 Å². The maximum Gasteiger partial charge on any atom is 0.286 e. The smallest absolute Gasteiger partial charge is 0.286 e. The Morgan fingerprint density at radius 2 is 1.94 bits per heavy atom. The van der Waals surface area contributed by atoms with E-state index in [0.717, 1.165) is 12.8 Å². The van der Waals surface area contributed by atoms with Gasteiger partial charge in [-0.3, -0.25) is 4.79 Å². The first kappa shape index (κ1) is 26.5. The molecule has 2 atom stereocenters. The third-order valence-electron chi connectivity index (χ3n) is 6.11. The standard InChI is InChI=1S/C24H36N2O7S/c1-17(2)19-14-22(24(28)25-16-18-4-5-18)33-23(15-19)32-13-11-26(10-12-27)34(29,30)21-8-6-20(31-3)7-9-21/h6-9,14,17-19,23,27H,4-5,10-13,15-16H2,1-3H3,(H,25,28)/t19-,23+/m1/s1. The topological polar surface area (TPSA) is 114 Å². The second kappa shape index (κ2) is 12.0. The molecule has 0 aromatic heterocycles. The molecule has 1 aliphatic heterocycles. The molecular formula is C24H36N2O7S. The Morgan fingerprint density at radius 3 is 2.53 bits per heavy atom. The number of sulfonamides is 1. The summed E-state index contributed by atoms with van der Waals surface area (Å²) in [4.78, 5) is 12.7. The van der Waals surface area contributed by atoms with Gasteiger partial charge >= 0.3 is 0 Å². The number of ether oxygens (including phenoxy) is 3. The van der Waals surface area contributed by atoms with Gasteiger partial charge in [-0.1, -0.05) is 13.8 Å². The molecule has 190 valence electrons. The molecular weight excluding hydrogens is 460 g/mol. The predicted molar refractivity (Wildman–Crippen MR) is 126 cm³/mol. The zero-order chi connectivity index (χ0) is 24.7. The summed E-state index contributed by atoms with van der Waals surface area (Å²) in [6.45, 7) is 4.51. The van der Waals surface area contributed by atoms with E-state index in [1.807, 2.05) is 6.08 Å². The van der Waals surface area contributed by atoms with Crippen LogP contribution in [0.4, 0.5) is 0 Å². The van der Waals surface area contributed by atoms with Crippen LogP contribution in [0.1, 0.15) is 33.1 Å². The van der Waals surface area contributed by atoms with Crippen LogP contribution in [0.5, 0.6) is 5.75 Å². The van der Waals surface area contributed by atoms with Gasteiger partial charge in [-0.25, -0.2) is 8.42 Å². The van der Waals surface area contributed by atoms with Crippen molar-refractivity contribution in [1.82, 2.24) is 9.62 Å². The zero-order valence-corrected chi connectivity index (χ0v) is 20.9. The molecule has 3 rings (SSSR count). The number of hydrogen-bond donors (Lipinski definition) is 2. The molecule has 9 nitrogen and oxygen atoms in total. The minimum absolute atomic E-state index is 0.0358. The molecule has 2 aliphatic rings. The highest BCUT2D eigenvalue weighted by atomic mass is 32.2. The molecule has 34 heavy (non-hydrogen) atoms. The highest BCUT2D eigenvalue weighted by molar-refractivity contribution is 7.89. The van der Waals surface area contributed by atoms with Crippen LogP contribution in [0.3, 0.4) is 0 Å². The molecule has 0 saturated heterocycles.